The molecule has 18 heavy (non-hydrogen) atoms. The van der Waals surface area contributed by atoms with Crippen LogP contribution in [0.4, 0.5) is 0 Å². The third-order valence-corrected chi connectivity index (χ3v) is 3.32. The van der Waals surface area contributed by atoms with Crippen LogP contribution in [0.1, 0.15) is 32.6 Å². The average molecular weight is 251 g/mol. The first-order chi connectivity index (χ1) is 8.65. The summed E-state index contributed by atoms with van der Waals surface area (Å²) >= 11 is 0. The molecule has 1 fully saturated rings. The van der Waals surface area contributed by atoms with Crippen molar-refractivity contribution in [1.29, 1.82) is 0 Å². The second-order valence-electron chi connectivity index (χ2n) is 4.62. The van der Waals surface area contributed by atoms with E-state index in [0.29, 0.717) is 6.54 Å². The summed E-state index contributed by atoms with van der Waals surface area (Å²) in [6, 6.07) is 0. The Balaban J connectivity index is 2.40. The molecule has 0 aromatic heterocycles. The number of rotatable bonds is 5. The lowest BCUT2D eigenvalue weighted by molar-refractivity contribution is -0.145. The average Bonchev–Trinajstić information content (AvgIpc) is 2.37. The number of carbonyl (C=O) groups is 2. The van der Waals surface area contributed by atoms with Crippen molar-refractivity contribution in [3.8, 4) is 0 Å². The summed E-state index contributed by atoms with van der Waals surface area (Å²) in [7, 11) is 0. The van der Waals surface area contributed by atoms with Crippen molar-refractivity contribution in [1.82, 2.24) is 5.32 Å². The molecule has 1 amide bonds. The van der Waals surface area contributed by atoms with Crippen molar-refractivity contribution < 1.29 is 14.7 Å². The normalized spacial score (nSPS) is 24.5. The van der Waals surface area contributed by atoms with Gasteiger partial charge in [-0.05, 0) is 25.7 Å². The summed E-state index contributed by atoms with van der Waals surface area (Å²) < 4.78 is 0. The number of aliphatic carboxylic acids is 1. The first-order valence-corrected chi connectivity index (χ1v) is 6.45. The second kappa shape index (κ2) is 7.69. The zero-order valence-corrected chi connectivity index (χ0v) is 10.8. The molecule has 1 aliphatic carbocycles. The monoisotopic (exact) mass is 251 g/mol. The van der Waals surface area contributed by atoms with Crippen LogP contribution in [0.2, 0.25) is 0 Å². The molecular weight excluding hydrogens is 230 g/mol. The van der Waals surface area contributed by atoms with Crippen molar-refractivity contribution in [2.45, 2.75) is 32.6 Å². The molecule has 0 spiro atoms. The number of nitrogens with one attached hydrogen (secondary N) is 1. The molecule has 1 rings (SSSR count). The Hall–Kier alpha value is -1.58. The van der Waals surface area contributed by atoms with Crippen LogP contribution in [-0.4, -0.2) is 23.5 Å². The number of allylic oxidation sites excluding steroid dienone is 3. The fourth-order valence-electron chi connectivity index (χ4n) is 2.32. The van der Waals surface area contributed by atoms with Crippen LogP contribution in [0, 0.1) is 11.8 Å². The fraction of sp³-hybridized carbons (Fsp3) is 0.571. The number of carboxylic acid groups (broad SMARTS) is 1. The molecule has 0 heterocycles. The third-order valence-electron chi connectivity index (χ3n) is 3.32. The van der Waals surface area contributed by atoms with Crippen molar-refractivity contribution >= 4 is 11.9 Å². The van der Waals surface area contributed by atoms with E-state index < -0.39 is 5.97 Å². The minimum Gasteiger partial charge on any atom is -0.481 e. The lowest BCUT2D eigenvalue weighted by Gasteiger charge is -2.28. The Morgan fingerprint density at radius 1 is 1.28 bits per heavy atom. The zero-order valence-electron chi connectivity index (χ0n) is 10.8. The highest BCUT2D eigenvalue weighted by molar-refractivity contribution is 5.87. The van der Waals surface area contributed by atoms with E-state index in [1.807, 2.05) is 13.0 Å². The minimum absolute atomic E-state index is 0.0651. The smallest absolute Gasteiger partial charge is 0.306 e. The van der Waals surface area contributed by atoms with Crippen molar-refractivity contribution in [3.05, 3.63) is 24.3 Å². The van der Waals surface area contributed by atoms with Crippen LogP contribution < -0.4 is 5.32 Å². The maximum atomic E-state index is 11.5. The van der Waals surface area contributed by atoms with Gasteiger partial charge in [-0.25, -0.2) is 0 Å². The van der Waals surface area contributed by atoms with Gasteiger partial charge in [-0.3, -0.25) is 9.59 Å². The van der Waals surface area contributed by atoms with Crippen LogP contribution >= 0.6 is 0 Å². The molecule has 1 saturated carbocycles. The van der Waals surface area contributed by atoms with Gasteiger partial charge >= 0.3 is 5.97 Å². The molecular formula is C14H21NO3. The SMILES string of the molecule is C/C=C/C=C/C(=O)NC[C@@H]1CCCC[C@@H]1C(=O)O. The van der Waals surface area contributed by atoms with Gasteiger partial charge in [-0.15, -0.1) is 0 Å². The van der Waals surface area contributed by atoms with E-state index in [2.05, 4.69) is 5.32 Å². The summed E-state index contributed by atoms with van der Waals surface area (Å²) in [6.45, 7) is 2.33. The largest absolute Gasteiger partial charge is 0.481 e. The molecule has 2 N–H and O–H groups in total. The highest BCUT2D eigenvalue weighted by atomic mass is 16.4. The van der Waals surface area contributed by atoms with Crippen LogP contribution in [0.15, 0.2) is 24.3 Å². The fourth-order valence-corrected chi connectivity index (χ4v) is 2.32. The maximum Gasteiger partial charge on any atom is 0.306 e. The van der Waals surface area contributed by atoms with Gasteiger partial charge in [-0.1, -0.05) is 31.1 Å². The van der Waals surface area contributed by atoms with Crippen molar-refractivity contribution in [2.75, 3.05) is 6.54 Å². The van der Waals surface area contributed by atoms with Gasteiger partial charge in [0.15, 0.2) is 0 Å². The molecule has 0 unspecified atom stereocenters. The van der Waals surface area contributed by atoms with Gasteiger partial charge in [0.25, 0.3) is 0 Å². The number of carboxylic acids is 1. The number of carbonyl (C=O) groups excluding carboxylic acids is 1. The highest BCUT2D eigenvalue weighted by Gasteiger charge is 2.30. The predicted octanol–water partition coefficient (Wildman–Crippen LogP) is 2.13. The standard InChI is InChI=1S/C14H21NO3/c1-2-3-4-9-13(16)15-10-11-7-5-6-8-12(11)14(17)18/h2-4,9,11-12H,5-8,10H2,1H3,(H,15,16)(H,17,18)/b3-2+,9-4+/t11-,12-/m0/s1. The van der Waals surface area contributed by atoms with Crippen molar-refractivity contribution in [3.63, 3.8) is 0 Å². The molecule has 0 radical (unpaired) electrons. The number of hydrogen-bond donors (Lipinski definition) is 2. The van der Waals surface area contributed by atoms with E-state index >= 15 is 0 Å². The minimum atomic E-state index is -0.738. The Morgan fingerprint density at radius 2 is 2.00 bits per heavy atom. The van der Waals surface area contributed by atoms with Crippen LogP contribution in [0.3, 0.4) is 0 Å². The first-order valence-electron chi connectivity index (χ1n) is 6.45. The lowest BCUT2D eigenvalue weighted by Crippen LogP contribution is -2.36. The molecule has 0 aromatic carbocycles. The lowest BCUT2D eigenvalue weighted by atomic mass is 9.79. The topological polar surface area (TPSA) is 66.4 Å². The summed E-state index contributed by atoms with van der Waals surface area (Å²) in [4.78, 5) is 22.5. The van der Waals surface area contributed by atoms with Crippen LogP contribution in [0.5, 0.6) is 0 Å². The predicted molar refractivity (Wildman–Crippen MR) is 70.0 cm³/mol. The Bertz CT molecular complexity index is 347. The molecule has 4 heteroatoms. The number of hydrogen-bond acceptors (Lipinski definition) is 2. The molecule has 0 aliphatic heterocycles. The summed E-state index contributed by atoms with van der Waals surface area (Å²) in [5, 5.41) is 11.9. The van der Waals surface area contributed by atoms with Crippen LogP contribution in [0.25, 0.3) is 0 Å². The zero-order chi connectivity index (χ0) is 13.4. The van der Waals surface area contributed by atoms with Gasteiger partial charge in [0.2, 0.25) is 5.91 Å². The third kappa shape index (κ3) is 4.73. The van der Waals surface area contributed by atoms with Gasteiger partial charge < -0.3 is 10.4 Å². The molecule has 0 saturated heterocycles. The number of amides is 1. The van der Waals surface area contributed by atoms with Crippen molar-refractivity contribution in [2.24, 2.45) is 11.8 Å². The first kappa shape index (κ1) is 14.5. The van der Waals surface area contributed by atoms with E-state index in [9.17, 15) is 9.59 Å². The van der Waals surface area contributed by atoms with E-state index in [4.69, 9.17) is 5.11 Å². The van der Waals surface area contributed by atoms with E-state index in [1.54, 1.807) is 12.2 Å². The van der Waals surface area contributed by atoms with Gasteiger partial charge in [-0.2, -0.15) is 0 Å². The Morgan fingerprint density at radius 3 is 2.67 bits per heavy atom. The quantitative estimate of drug-likeness (QED) is 0.581. The molecule has 1 aliphatic rings. The Labute approximate surface area is 108 Å². The van der Waals surface area contributed by atoms with Gasteiger partial charge in [0.05, 0.1) is 5.92 Å². The van der Waals surface area contributed by atoms with Gasteiger partial charge in [0, 0.05) is 12.6 Å². The van der Waals surface area contributed by atoms with E-state index in [1.165, 1.54) is 6.08 Å². The summed E-state index contributed by atoms with van der Waals surface area (Å²) in [5.74, 6) is -1.14. The molecule has 4 nitrogen and oxygen atoms in total. The molecule has 100 valence electrons. The van der Waals surface area contributed by atoms with Crippen LogP contribution in [-0.2, 0) is 9.59 Å². The maximum absolute atomic E-state index is 11.5. The molecule has 2 atom stereocenters. The summed E-state index contributed by atoms with van der Waals surface area (Å²) in [6.07, 6.45) is 10.4. The molecule has 0 bridgehead atoms. The molecule has 0 aromatic rings. The summed E-state index contributed by atoms with van der Waals surface area (Å²) in [5.41, 5.74) is 0. The van der Waals surface area contributed by atoms with Gasteiger partial charge in [0.1, 0.15) is 0 Å². The second-order valence-corrected chi connectivity index (χ2v) is 4.62. The Kier molecular flexibility index (Phi) is 6.19. The van der Waals surface area contributed by atoms with E-state index in [-0.39, 0.29) is 17.7 Å². The highest BCUT2D eigenvalue weighted by Crippen LogP contribution is 2.29. The van der Waals surface area contributed by atoms with E-state index in [0.717, 1.165) is 25.7 Å².